The minimum Gasteiger partial charge on any atom is -0.335 e. The first-order valence-corrected chi connectivity index (χ1v) is 7.95. The van der Waals surface area contributed by atoms with E-state index in [4.69, 9.17) is 4.98 Å². The Hall–Kier alpha value is -2.14. The van der Waals surface area contributed by atoms with Crippen LogP contribution in [0.15, 0.2) is 36.7 Å². The summed E-state index contributed by atoms with van der Waals surface area (Å²) in [4.78, 5) is 9.23. The average Bonchev–Trinajstić information content (AvgIpc) is 3.14. The Morgan fingerprint density at radius 1 is 1.32 bits per heavy atom. The first-order chi connectivity index (χ1) is 10.8. The summed E-state index contributed by atoms with van der Waals surface area (Å²) in [5.74, 6) is 2.82. The molecule has 0 amide bonds. The van der Waals surface area contributed by atoms with E-state index >= 15 is 0 Å². The van der Waals surface area contributed by atoms with E-state index in [1.54, 1.807) is 0 Å². The molecule has 4 rings (SSSR count). The van der Waals surface area contributed by atoms with Crippen LogP contribution in [-0.2, 0) is 20.1 Å². The van der Waals surface area contributed by atoms with Gasteiger partial charge in [-0.2, -0.15) is 0 Å². The molecule has 0 saturated heterocycles. The second-order valence-corrected chi connectivity index (χ2v) is 6.02. The van der Waals surface area contributed by atoms with Crippen LogP contribution in [0.5, 0.6) is 0 Å². The Kier molecular flexibility index (Phi) is 3.42. The van der Waals surface area contributed by atoms with Crippen LogP contribution < -0.4 is 5.32 Å². The fraction of sp³-hybridized carbons (Fsp3) is 0.412. The van der Waals surface area contributed by atoms with Crippen molar-refractivity contribution in [3.8, 4) is 0 Å². The number of aryl methyl sites for hydroxylation is 2. The van der Waals surface area contributed by atoms with Crippen molar-refractivity contribution in [1.29, 1.82) is 0 Å². The number of aromatic nitrogens is 4. The third-order valence-corrected chi connectivity index (χ3v) is 4.62. The zero-order valence-corrected chi connectivity index (χ0v) is 12.9. The van der Waals surface area contributed by atoms with Gasteiger partial charge in [0.25, 0.3) is 0 Å². The highest BCUT2D eigenvalue weighted by Gasteiger charge is 2.21. The molecule has 0 bridgehead atoms. The SMILES string of the molecule is Cn1c(CNCC2CCCn3ccnc32)nc2ccccc21. The lowest BCUT2D eigenvalue weighted by molar-refractivity contribution is 0.420. The van der Waals surface area contributed by atoms with Crippen LogP contribution in [-0.4, -0.2) is 25.6 Å². The summed E-state index contributed by atoms with van der Waals surface area (Å²) < 4.78 is 4.45. The molecule has 1 aromatic carbocycles. The number of fused-ring (bicyclic) bond motifs is 2. The highest BCUT2D eigenvalue weighted by molar-refractivity contribution is 5.75. The van der Waals surface area contributed by atoms with Gasteiger partial charge < -0.3 is 14.5 Å². The van der Waals surface area contributed by atoms with Crippen molar-refractivity contribution >= 4 is 11.0 Å². The van der Waals surface area contributed by atoms with Gasteiger partial charge in [-0.1, -0.05) is 12.1 Å². The molecular formula is C17H21N5. The molecule has 3 heterocycles. The van der Waals surface area contributed by atoms with Gasteiger partial charge >= 0.3 is 0 Å². The summed E-state index contributed by atoms with van der Waals surface area (Å²) in [6.07, 6.45) is 6.46. The molecule has 1 atom stereocenters. The Balaban J connectivity index is 1.44. The van der Waals surface area contributed by atoms with Gasteiger partial charge in [0.2, 0.25) is 0 Å². The van der Waals surface area contributed by atoms with Crippen LogP contribution in [0.25, 0.3) is 11.0 Å². The van der Waals surface area contributed by atoms with Crippen molar-refractivity contribution in [1.82, 2.24) is 24.4 Å². The highest BCUT2D eigenvalue weighted by Crippen LogP contribution is 2.25. The van der Waals surface area contributed by atoms with Crippen LogP contribution >= 0.6 is 0 Å². The lowest BCUT2D eigenvalue weighted by atomic mass is 9.99. The van der Waals surface area contributed by atoms with Crippen molar-refractivity contribution < 1.29 is 0 Å². The van der Waals surface area contributed by atoms with Gasteiger partial charge in [-0.05, 0) is 25.0 Å². The normalized spacial score (nSPS) is 17.8. The summed E-state index contributed by atoms with van der Waals surface area (Å²) in [5, 5.41) is 3.57. The molecule has 1 aliphatic heterocycles. The first kappa shape index (κ1) is 13.5. The summed E-state index contributed by atoms with van der Waals surface area (Å²) in [5.41, 5.74) is 2.25. The van der Waals surface area contributed by atoms with Crippen LogP contribution in [0.2, 0.25) is 0 Å². The number of hydrogen-bond acceptors (Lipinski definition) is 3. The van der Waals surface area contributed by atoms with Crippen LogP contribution in [0, 0.1) is 0 Å². The number of benzene rings is 1. The van der Waals surface area contributed by atoms with Crippen molar-refractivity contribution in [3.63, 3.8) is 0 Å². The molecule has 0 radical (unpaired) electrons. The lowest BCUT2D eigenvalue weighted by Crippen LogP contribution is -2.27. The van der Waals surface area contributed by atoms with Crippen molar-refractivity contribution in [2.75, 3.05) is 6.54 Å². The van der Waals surface area contributed by atoms with Crippen molar-refractivity contribution in [3.05, 3.63) is 48.3 Å². The van der Waals surface area contributed by atoms with E-state index in [0.717, 1.165) is 31.0 Å². The quantitative estimate of drug-likeness (QED) is 0.804. The smallest absolute Gasteiger partial charge is 0.123 e. The molecule has 5 heteroatoms. The number of imidazole rings is 2. The third-order valence-electron chi connectivity index (χ3n) is 4.62. The monoisotopic (exact) mass is 295 g/mol. The van der Waals surface area contributed by atoms with Crippen molar-refractivity contribution in [2.45, 2.75) is 31.8 Å². The van der Waals surface area contributed by atoms with Gasteiger partial charge in [-0.3, -0.25) is 0 Å². The van der Waals surface area contributed by atoms with Crippen molar-refractivity contribution in [2.24, 2.45) is 7.05 Å². The largest absolute Gasteiger partial charge is 0.335 e. The zero-order chi connectivity index (χ0) is 14.9. The Bertz CT molecular complexity index is 785. The summed E-state index contributed by atoms with van der Waals surface area (Å²) in [7, 11) is 2.08. The van der Waals surface area contributed by atoms with E-state index in [2.05, 4.69) is 50.9 Å². The topological polar surface area (TPSA) is 47.7 Å². The van der Waals surface area contributed by atoms with E-state index in [-0.39, 0.29) is 0 Å². The van der Waals surface area contributed by atoms with E-state index in [0.29, 0.717) is 5.92 Å². The maximum Gasteiger partial charge on any atom is 0.123 e. The van der Waals surface area contributed by atoms with Crippen LogP contribution in [0.1, 0.15) is 30.4 Å². The zero-order valence-electron chi connectivity index (χ0n) is 12.9. The molecule has 2 aromatic heterocycles. The molecular weight excluding hydrogens is 274 g/mol. The summed E-state index contributed by atoms with van der Waals surface area (Å²) >= 11 is 0. The predicted molar refractivity (Wildman–Crippen MR) is 86.6 cm³/mol. The van der Waals surface area contributed by atoms with E-state index < -0.39 is 0 Å². The fourth-order valence-electron chi connectivity index (χ4n) is 3.41. The Morgan fingerprint density at radius 3 is 3.14 bits per heavy atom. The van der Waals surface area contributed by atoms with Gasteiger partial charge in [-0.15, -0.1) is 0 Å². The molecule has 0 fully saturated rings. The maximum absolute atomic E-state index is 4.71. The number of hydrogen-bond donors (Lipinski definition) is 1. The van der Waals surface area contributed by atoms with Gasteiger partial charge in [0.15, 0.2) is 0 Å². The van der Waals surface area contributed by atoms with Gasteiger partial charge in [0, 0.05) is 38.4 Å². The summed E-state index contributed by atoms with van der Waals surface area (Å²) in [6.45, 7) is 2.86. The molecule has 114 valence electrons. The van der Waals surface area contributed by atoms with E-state index in [1.807, 2.05) is 12.3 Å². The minimum atomic E-state index is 0.512. The van der Waals surface area contributed by atoms with Crippen LogP contribution in [0.4, 0.5) is 0 Å². The number of rotatable bonds is 4. The average molecular weight is 295 g/mol. The molecule has 0 saturated carbocycles. The molecule has 0 spiro atoms. The summed E-state index contributed by atoms with van der Waals surface area (Å²) in [6, 6.07) is 8.28. The third kappa shape index (κ3) is 2.31. The number of nitrogens with one attached hydrogen (secondary N) is 1. The first-order valence-electron chi connectivity index (χ1n) is 7.95. The van der Waals surface area contributed by atoms with Gasteiger partial charge in [0.05, 0.1) is 17.6 Å². The Morgan fingerprint density at radius 2 is 2.23 bits per heavy atom. The predicted octanol–water partition coefficient (Wildman–Crippen LogP) is 2.44. The molecule has 3 aromatic rings. The second-order valence-electron chi connectivity index (χ2n) is 6.02. The maximum atomic E-state index is 4.71. The van der Waals surface area contributed by atoms with Gasteiger partial charge in [-0.25, -0.2) is 9.97 Å². The number of nitrogens with zero attached hydrogens (tertiary/aromatic N) is 4. The second kappa shape index (κ2) is 5.57. The molecule has 1 aliphatic rings. The molecule has 5 nitrogen and oxygen atoms in total. The molecule has 1 unspecified atom stereocenters. The molecule has 22 heavy (non-hydrogen) atoms. The standard InChI is InChI=1S/C17H21N5/c1-21-15-7-3-2-6-14(15)20-16(21)12-18-11-13-5-4-9-22-10-8-19-17(13)22/h2-3,6-8,10,13,18H,4-5,9,11-12H2,1H3. The Labute approximate surface area is 130 Å². The minimum absolute atomic E-state index is 0.512. The fourth-order valence-corrected chi connectivity index (χ4v) is 3.41. The van der Waals surface area contributed by atoms with Crippen LogP contribution in [0.3, 0.4) is 0 Å². The molecule has 1 N–H and O–H groups in total. The molecule has 0 aliphatic carbocycles. The number of para-hydroxylation sites is 2. The van der Waals surface area contributed by atoms with Gasteiger partial charge in [0.1, 0.15) is 11.6 Å². The lowest BCUT2D eigenvalue weighted by Gasteiger charge is -2.23. The van der Waals surface area contributed by atoms with E-state index in [9.17, 15) is 0 Å². The highest BCUT2D eigenvalue weighted by atomic mass is 15.1. The van der Waals surface area contributed by atoms with E-state index in [1.165, 1.54) is 24.2 Å².